The summed E-state index contributed by atoms with van der Waals surface area (Å²) in [6, 6.07) is 9.96. The molecule has 1 fully saturated rings. The molecule has 0 aliphatic carbocycles. The van der Waals surface area contributed by atoms with Crippen LogP contribution in [0, 0.1) is 6.92 Å². The zero-order chi connectivity index (χ0) is 20.6. The summed E-state index contributed by atoms with van der Waals surface area (Å²) in [6.45, 7) is 3.22. The molecule has 1 aliphatic rings. The van der Waals surface area contributed by atoms with Gasteiger partial charge in [-0.3, -0.25) is 10.1 Å². The lowest BCUT2D eigenvalue weighted by Gasteiger charge is -2.26. The number of anilines is 1. The number of benzene rings is 2. The summed E-state index contributed by atoms with van der Waals surface area (Å²) < 4.78 is 33.2. The van der Waals surface area contributed by atoms with E-state index in [1.165, 1.54) is 33.8 Å². The molecule has 10 heteroatoms. The van der Waals surface area contributed by atoms with Crippen molar-refractivity contribution in [3.8, 4) is 0 Å². The van der Waals surface area contributed by atoms with Crippen molar-refractivity contribution < 1.29 is 17.9 Å². The third-order valence-electron chi connectivity index (χ3n) is 4.55. The number of nitrogens with zero attached hydrogens (tertiary/aromatic N) is 2. The van der Waals surface area contributed by atoms with Crippen molar-refractivity contribution in [2.75, 3.05) is 31.6 Å². The number of morpholine rings is 1. The van der Waals surface area contributed by atoms with Crippen molar-refractivity contribution in [3.05, 3.63) is 52.5 Å². The van der Waals surface area contributed by atoms with Gasteiger partial charge in [0, 0.05) is 13.1 Å². The second-order valence-electron chi connectivity index (χ2n) is 6.60. The lowest BCUT2D eigenvalue weighted by atomic mass is 10.2. The van der Waals surface area contributed by atoms with Gasteiger partial charge in [0.25, 0.3) is 5.91 Å². The first-order valence-electron chi connectivity index (χ1n) is 8.90. The first-order valence-corrected chi connectivity index (χ1v) is 11.5. The first-order chi connectivity index (χ1) is 13.8. The van der Waals surface area contributed by atoms with Gasteiger partial charge in [0.1, 0.15) is 0 Å². The quantitative estimate of drug-likeness (QED) is 0.655. The average Bonchev–Trinajstić information content (AvgIpc) is 3.10. The molecule has 1 aliphatic heterocycles. The van der Waals surface area contributed by atoms with Gasteiger partial charge in [-0.15, -0.1) is 0 Å². The Labute approximate surface area is 177 Å². The summed E-state index contributed by atoms with van der Waals surface area (Å²) in [5.74, 6) is -0.509. The number of aromatic nitrogens is 1. The van der Waals surface area contributed by atoms with E-state index in [2.05, 4.69) is 10.3 Å². The van der Waals surface area contributed by atoms with Crippen LogP contribution in [0.2, 0.25) is 5.02 Å². The number of hydrogen-bond donors (Lipinski definition) is 1. The van der Waals surface area contributed by atoms with Crippen molar-refractivity contribution in [2.45, 2.75) is 11.8 Å². The van der Waals surface area contributed by atoms with Crippen LogP contribution in [0.4, 0.5) is 5.13 Å². The number of ether oxygens (including phenoxy) is 1. The summed E-state index contributed by atoms with van der Waals surface area (Å²) >= 11 is 7.53. The van der Waals surface area contributed by atoms with Gasteiger partial charge in [-0.25, -0.2) is 13.4 Å². The van der Waals surface area contributed by atoms with Gasteiger partial charge >= 0.3 is 0 Å². The third kappa shape index (κ3) is 4.15. The molecule has 2 heterocycles. The highest BCUT2D eigenvalue weighted by Gasteiger charge is 2.27. The van der Waals surface area contributed by atoms with Crippen LogP contribution in [-0.2, 0) is 14.8 Å². The van der Waals surface area contributed by atoms with Gasteiger partial charge in [-0.1, -0.05) is 29.0 Å². The topological polar surface area (TPSA) is 88.6 Å². The summed E-state index contributed by atoms with van der Waals surface area (Å²) in [5.41, 5.74) is 1.96. The number of fused-ring (bicyclic) bond motifs is 1. The Bertz CT molecular complexity index is 1190. The fraction of sp³-hybridized carbons (Fsp3) is 0.263. The monoisotopic (exact) mass is 451 g/mol. The smallest absolute Gasteiger partial charge is 0.259 e. The molecule has 1 N–H and O–H groups in total. The number of thiazole rings is 1. The number of sulfonamides is 1. The molecule has 0 atom stereocenters. The van der Waals surface area contributed by atoms with E-state index in [0.717, 1.165) is 15.8 Å². The molecule has 29 heavy (non-hydrogen) atoms. The van der Waals surface area contributed by atoms with Crippen LogP contribution in [-0.4, -0.2) is 49.9 Å². The molecule has 1 saturated heterocycles. The molecule has 1 aromatic heterocycles. The number of carbonyl (C=O) groups excluding carboxylic acids is 1. The Balaban J connectivity index is 1.61. The average molecular weight is 452 g/mol. The first kappa shape index (κ1) is 20.2. The van der Waals surface area contributed by atoms with Crippen LogP contribution in [0.3, 0.4) is 0 Å². The van der Waals surface area contributed by atoms with Gasteiger partial charge in [-0.05, 0) is 42.8 Å². The molecule has 4 rings (SSSR count). The maximum atomic E-state index is 12.9. The minimum atomic E-state index is -3.73. The highest BCUT2D eigenvalue weighted by molar-refractivity contribution is 7.89. The molecule has 0 bridgehead atoms. The van der Waals surface area contributed by atoms with E-state index in [1.54, 1.807) is 0 Å². The molecule has 1 amide bonds. The summed E-state index contributed by atoms with van der Waals surface area (Å²) in [6.07, 6.45) is 0. The second-order valence-corrected chi connectivity index (χ2v) is 9.98. The molecular formula is C19H18ClN3O4S2. The van der Waals surface area contributed by atoms with Crippen molar-refractivity contribution in [2.24, 2.45) is 0 Å². The number of aryl methyl sites for hydroxylation is 1. The van der Waals surface area contributed by atoms with Crippen LogP contribution < -0.4 is 5.32 Å². The van der Waals surface area contributed by atoms with Gasteiger partial charge in [0.2, 0.25) is 10.0 Å². The van der Waals surface area contributed by atoms with Crippen molar-refractivity contribution >= 4 is 54.2 Å². The van der Waals surface area contributed by atoms with E-state index in [1.807, 2.05) is 25.1 Å². The highest BCUT2D eigenvalue weighted by atomic mass is 35.5. The van der Waals surface area contributed by atoms with Crippen LogP contribution in [0.1, 0.15) is 15.9 Å². The molecule has 0 saturated carbocycles. The molecule has 0 radical (unpaired) electrons. The molecule has 2 aromatic carbocycles. The Morgan fingerprint density at radius 1 is 1.21 bits per heavy atom. The number of hydrogen-bond acceptors (Lipinski definition) is 6. The zero-order valence-electron chi connectivity index (χ0n) is 15.5. The fourth-order valence-corrected chi connectivity index (χ4v) is 5.62. The van der Waals surface area contributed by atoms with Crippen LogP contribution in [0.25, 0.3) is 10.2 Å². The van der Waals surface area contributed by atoms with Crippen molar-refractivity contribution in [1.82, 2.24) is 9.29 Å². The highest BCUT2D eigenvalue weighted by Crippen LogP contribution is 2.29. The normalized spacial score (nSPS) is 15.5. The number of nitrogens with one attached hydrogen (secondary N) is 1. The number of carbonyl (C=O) groups is 1. The van der Waals surface area contributed by atoms with Gasteiger partial charge in [0.05, 0.1) is 38.9 Å². The third-order valence-corrected chi connectivity index (χ3v) is 7.71. The van der Waals surface area contributed by atoms with Gasteiger partial charge in [0.15, 0.2) is 5.13 Å². The number of halogens is 1. The standard InChI is InChI=1S/C19H18ClN3O4S2/c1-12-2-5-16-17(10-12)28-19(21-16)22-18(24)14-11-13(3-4-15(14)20)29(25,26)23-6-8-27-9-7-23/h2-5,10-11H,6-9H2,1H3,(H,21,22,24). The van der Waals surface area contributed by atoms with E-state index < -0.39 is 15.9 Å². The largest absolute Gasteiger partial charge is 0.379 e. The van der Waals surface area contributed by atoms with E-state index in [-0.39, 0.29) is 28.6 Å². The number of amides is 1. The summed E-state index contributed by atoms with van der Waals surface area (Å²) in [5, 5.41) is 3.31. The van der Waals surface area contributed by atoms with Crippen LogP contribution in [0.15, 0.2) is 41.3 Å². The van der Waals surface area contributed by atoms with Crippen molar-refractivity contribution in [3.63, 3.8) is 0 Å². The SMILES string of the molecule is Cc1ccc2nc(NC(=O)c3cc(S(=O)(=O)N4CCOCC4)ccc3Cl)sc2c1. The second kappa shape index (κ2) is 8.00. The Kier molecular flexibility index (Phi) is 5.58. The minimum absolute atomic E-state index is 0.0221. The lowest BCUT2D eigenvalue weighted by molar-refractivity contribution is 0.0730. The number of rotatable bonds is 4. The molecule has 0 spiro atoms. The maximum Gasteiger partial charge on any atom is 0.259 e. The van der Waals surface area contributed by atoms with E-state index >= 15 is 0 Å². The Hall–Kier alpha value is -2.04. The van der Waals surface area contributed by atoms with Crippen LogP contribution >= 0.6 is 22.9 Å². The zero-order valence-corrected chi connectivity index (χ0v) is 17.9. The fourth-order valence-electron chi connectivity index (χ4n) is 3.02. The molecule has 7 nitrogen and oxygen atoms in total. The Morgan fingerprint density at radius 3 is 2.72 bits per heavy atom. The van der Waals surface area contributed by atoms with Crippen molar-refractivity contribution in [1.29, 1.82) is 0 Å². The lowest BCUT2D eigenvalue weighted by Crippen LogP contribution is -2.40. The van der Waals surface area contributed by atoms with Gasteiger partial charge < -0.3 is 4.74 Å². The Morgan fingerprint density at radius 2 is 1.97 bits per heavy atom. The van der Waals surface area contributed by atoms with Gasteiger partial charge in [-0.2, -0.15) is 4.31 Å². The summed E-state index contributed by atoms with van der Waals surface area (Å²) in [7, 11) is -3.73. The summed E-state index contributed by atoms with van der Waals surface area (Å²) in [4.78, 5) is 17.2. The minimum Gasteiger partial charge on any atom is -0.379 e. The molecule has 0 unspecified atom stereocenters. The van der Waals surface area contributed by atoms with Crippen LogP contribution in [0.5, 0.6) is 0 Å². The van der Waals surface area contributed by atoms with E-state index in [9.17, 15) is 13.2 Å². The van der Waals surface area contributed by atoms with E-state index in [4.69, 9.17) is 16.3 Å². The predicted octanol–water partition coefficient (Wildman–Crippen LogP) is 3.53. The van der Waals surface area contributed by atoms with E-state index in [0.29, 0.717) is 18.3 Å². The molecule has 3 aromatic rings. The predicted molar refractivity (Wildman–Crippen MR) is 113 cm³/mol. The molecular weight excluding hydrogens is 434 g/mol. The maximum absolute atomic E-state index is 12.9. The molecule has 152 valence electrons.